The maximum Gasteiger partial charge on any atom is 0.306 e. The van der Waals surface area contributed by atoms with Gasteiger partial charge in [0.15, 0.2) is 5.65 Å². The summed E-state index contributed by atoms with van der Waals surface area (Å²) >= 11 is 0. The van der Waals surface area contributed by atoms with Crippen molar-refractivity contribution in [3.05, 3.63) is 69.6 Å². The van der Waals surface area contributed by atoms with Crippen molar-refractivity contribution < 1.29 is 9.90 Å². The molecule has 1 saturated heterocycles. The number of pyridine rings is 1. The molecule has 0 radical (unpaired) electrons. The molecule has 3 aliphatic rings. The van der Waals surface area contributed by atoms with Crippen LogP contribution in [0, 0.1) is 24.7 Å². The third kappa shape index (κ3) is 3.06. The molecule has 0 bridgehead atoms. The number of aliphatic carboxylic acids is 1. The maximum absolute atomic E-state index is 13.1. The van der Waals surface area contributed by atoms with Gasteiger partial charge in [0, 0.05) is 38.4 Å². The van der Waals surface area contributed by atoms with Crippen molar-refractivity contribution in [2.75, 3.05) is 22.9 Å². The van der Waals surface area contributed by atoms with E-state index in [0.717, 1.165) is 50.3 Å². The minimum absolute atomic E-state index is 0.0729. The predicted molar refractivity (Wildman–Crippen MR) is 122 cm³/mol. The van der Waals surface area contributed by atoms with Crippen molar-refractivity contribution in [2.24, 2.45) is 17.8 Å². The van der Waals surface area contributed by atoms with Crippen molar-refractivity contribution in [1.29, 1.82) is 0 Å². The van der Waals surface area contributed by atoms with E-state index >= 15 is 0 Å². The fourth-order valence-corrected chi connectivity index (χ4v) is 5.89. The van der Waals surface area contributed by atoms with Crippen LogP contribution in [0.15, 0.2) is 47.4 Å². The van der Waals surface area contributed by atoms with Gasteiger partial charge in [-0.15, -0.1) is 0 Å². The number of anilines is 2. The molecule has 2 atom stereocenters. The number of fused-ring (bicyclic) bond motifs is 3. The monoisotopic (exact) mass is 430 g/mol. The Kier molecular flexibility index (Phi) is 4.28. The molecule has 0 amide bonds. The number of carboxylic acid groups (broad SMARTS) is 1. The molecule has 7 nitrogen and oxygen atoms in total. The summed E-state index contributed by atoms with van der Waals surface area (Å²) in [7, 11) is 0. The topological polar surface area (TPSA) is 78.2 Å². The molecule has 1 N–H and O–H groups in total. The number of hydrogen-bond acceptors (Lipinski definition) is 5. The molecule has 2 aromatic heterocycles. The van der Waals surface area contributed by atoms with Gasteiger partial charge in [-0.1, -0.05) is 24.3 Å². The van der Waals surface area contributed by atoms with Crippen molar-refractivity contribution >= 4 is 23.1 Å². The number of aryl methyl sites for hydroxylation is 1. The highest BCUT2D eigenvalue weighted by atomic mass is 16.4. The van der Waals surface area contributed by atoms with Crippen LogP contribution < -0.4 is 15.4 Å². The average Bonchev–Trinajstić information content (AvgIpc) is 3.46. The third-order valence-electron chi connectivity index (χ3n) is 7.47. The Morgan fingerprint density at radius 3 is 2.31 bits per heavy atom. The molecule has 2 fully saturated rings. The average molecular weight is 431 g/mol. The molecule has 2 unspecified atom stereocenters. The third-order valence-corrected chi connectivity index (χ3v) is 7.47. The zero-order chi connectivity index (χ0) is 22.0. The highest BCUT2D eigenvalue weighted by Crippen LogP contribution is 2.43. The zero-order valence-corrected chi connectivity index (χ0v) is 18.1. The maximum atomic E-state index is 13.1. The van der Waals surface area contributed by atoms with Gasteiger partial charge in [-0.25, -0.2) is 4.98 Å². The molecule has 1 saturated carbocycles. The zero-order valence-electron chi connectivity index (χ0n) is 18.1. The van der Waals surface area contributed by atoms with E-state index < -0.39 is 5.97 Å². The summed E-state index contributed by atoms with van der Waals surface area (Å²) in [4.78, 5) is 33.9. The summed E-state index contributed by atoms with van der Waals surface area (Å²) in [6, 6.07) is 12.1. The highest BCUT2D eigenvalue weighted by molar-refractivity contribution is 5.73. The number of hydrogen-bond donors (Lipinski definition) is 1. The molecule has 2 aliphatic heterocycles. The van der Waals surface area contributed by atoms with Crippen molar-refractivity contribution in [1.82, 2.24) is 9.38 Å². The van der Waals surface area contributed by atoms with E-state index in [9.17, 15) is 14.7 Å². The van der Waals surface area contributed by atoms with E-state index in [1.54, 1.807) is 10.5 Å². The number of aromatic nitrogens is 2. The Hall–Kier alpha value is -3.35. The van der Waals surface area contributed by atoms with E-state index in [0.29, 0.717) is 23.3 Å². The molecule has 3 aromatic rings. The van der Waals surface area contributed by atoms with Gasteiger partial charge in [-0.2, -0.15) is 0 Å². The van der Waals surface area contributed by atoms with Crippen LogP contribution in [0.1, 0.15) is 29.5 Å². The summed E-state index contributed by atoms with van der Waals surface area (Å²) in [6.07, 6.45) is 3.34. The SMILES string of the molecule is Cc1cc(N2CC3CC(C(=O)O)CC3C2)c2nc(N3Cc4ccccc4C3)cc(=O)n2c1. The quantitative estimate of drug-likeness (QED) is 0.688. The molecule has 32 heavy (non-hydrogen) atoms. The molecular weight excluding hydrogens is 404 g/mol. The number of rotatable bonds is 3. The van der Waals surface area contributed by atoms with Crippen molar-refractivity contribution in [2.45, 2.75) is 32.9 Å². The van der Waals surface area contributed by atoms with Crippen LogP contribution in [-0.2, 0) is 17.9 Å². The summed E-state index contributed by atoms with van der Waals surface area (Å²) in [5, 5.41) is 9.39. The van der Waals surface area contributed by atoms with Crippen LogP contribution >= 0.6 is 0 Å². The largest absolute Gasteiger partial charge is 0.481 e. The first-order chi connectivity index (χ1) is 15.5. The summed E-state index contributed by atoms with van der Waals surface area (Å²) < 4.78 is 1.66. The lowest BCUT2D eigenvalue weighted by Crippen LogP contribution is -2.27. The van der Waals surface area contributed by atoms with Gasteiger partial charge in [0.1, 0.15) is 5.82 Å². The van der Waals surface area contributed by atoms with Crippen molar-refractivity contribution in [3.63, 3.8) is 0 Å². The Bertz CT molecular complexity index is 1260. The lowest BCUT2D eigenvalue weighted by atomic mass is 10.0. The molecule has 4 heterocycles. The Labute approximate surface area is 185 Å². The fourth-order valence-electron chi connectivity index (χ4n) is 5.89. The molecule has 6 rings (SSSR count). The summed E-state index contributed by atoms with van der Waals surface area (Å²) in [6.45, 7) is 5.15. The Morgan fingerprint density at radius 1 is 1.03 bits per heavy atom. The van der Waals surface area contributed by atoms with Gasteiger partial charge in [-0.3, -0.25) is 14.0 Å². The molecular formula is C25H26N4O3. The second-order valence-electron chi connectivity index (χ2n) is 9.61. The van der Waals surface area contributed by atoms with E-state index in [2.05, 4.69) is 28.0 Å². The first-order valence-electron chi connectivity index (χ1n) is 11.3. The van der Waals surface area contributed by atoms with Crippen molar-refractivity contribution in [3.8, 4) is 0 Å². The number of nitrogens with zero attached hydrogens (tertiary/aromatic N) is 4. The minimum atomic E-state index is -0.670. The molecule has 1 aromatic carbocycles. The van der Waals surface area contributed by atoms with Crippen LogP contribution in [0.2, 0.25) is 0 Å². The second-order valence-corrected chi connectivity index (χ2v) is 9.61. The second kappa shape index (κ2) is 7.08. The Balaban J connectivity index is 1.37. The van der Waals surface area contributed by atoms with E-state index in [4.69, 9.17) is 4.98 Å². The van der Waals surface area contributed by atoms with Crippen LogP contribution in [0.25, 0.3) is 5.65 Å². The molecule has 1 aliphatic carbocycles. The first-order valence-corrected chi connectivity index (χ1v) is 11.3. The lowest BCUT2D eigenvalue weighted by molar-refractivity contribution is -0.141. The predicted octanol–water partition coefficient (Wildman–Crippen LogP) is 3.07. The van der Waals surface area contributed by atoms with Gasteiger partial charge < -0.3 is 14.9 Å². The van der Waals surface area contributed by atoms with E-state index in [-0.39, 0.29) is 11.5 Å². The number of carbonyl (C=O) groups is 1. The number of carboxylic acids is 1. The summed E-state index contributed by atoms with van der Waals surface area (Å²) in [5.74, 6) is 0.600. The smallest absolute Gasteiger partial charge is 0.306 e. The van der Waals surface area contributed by atoms with Crippen LogP contribution in [0.3, 0.4) is 0 Å². The van der Waals surface area contributed by atoms with Crippen LogP contribution in [-0.4, -0.2) is 33.6 Å². The standard InChI is InChI=1S/C25H26N4O3/c1-15-6-21(27-13-19-7-18(25(31)32)8-20(19)14-27)24-26-22(9-23(30)29(24)10-15)28-11-16-4-2-3-5-17(16)12-28/h2-6,9-10,18-20H,7-8,11-14H2,1H3,(H,31,32). The number of benzene rings is 1. The van der Waals surface area contributed by atoms with E-state index in [1.807, 2.05) is 25.3 Å². The fraction of sp³-hybridized carbons (Fsp3) is 0.400. The normalized spacial score (nSPS) is 24.2. The van der Waals surface area contributed by atoms with Gasteiger partial charge in [0.05, 0.1) is 11.6 Å². The Morgan fingerprint density at radius 2 is 1.69 bits per heavy atom. The molecule has 7 heteroatoms. The van der Waals surface area contributed by atoms with Gasteiger partial charge in [-0.05, 0) is 54.4 Å². The van der Waals surface area contributed by atoms with Gasteiger partial charge >= 0.3 is 5.97 Å². The molecule has 0 spiro atoms. The summed E-state index contributed by atoms with van der Waals surface area (Å²) in [5.41, 5.74) is 5.15. The van der Waals surface area contributed by atoms with Gasteiger partial charge in [0.2, 0.25) is 0 Å². The highest BCUT2D eigenvalue weighted by Gasteiger charge is 2.43. The lowest BCUT2D eigenvalue weighted by Gasteiger charge is -2.24. The minimum Gasteiger partial charge on any atom is -0.481 e. The van der Waals surface area contributed by atoms with Crippen LogP contribution in [0.5, 0.6) is 0 Å². The van der Waals surface area contributed by atoms with Gasteiger partial charge in [0.25, 0.3) is 5.56 Å². The van der Waals surface area contributed by atoms with Crippen LogP contribution in [0.4, 0.5) is 11.5 Å². The van der Waals surface area contributed by atoms with E-state index in [1.165, 1.54) is 11.1 Å². The first kappa shape index (κ1) is 19.3. The molecule has 164 valence electrons.